The molecule has 1 saturated heterocycles. The van der Waals surface area contributed by atoms with Crippen LogP contribution in [0.1, 0.15) is 18.4 Å². The van der Waals surface area contributed by atoms with E-state index in [0.29, 0.717) is 42.7 Å². The van der Waals surface area contributed by atoms with Crippen LogP contribution in [0.3, 0.4) is 0 Å². The Balaban J connectivity index is 1.80. The maximum Gasteiger partial charge on any atom is 0.244 e. The van der Waals surface area contributed by atoms with Gasteiger partial charge in [-0.25, -0.2) is 13.4 Å². The van der Waals surface area contributed by atoms with E-state index in [9.17, 15) is 8.42 Å². The zero-order valence-electron chi connectivity index (χ0n) is 17.2. The van der Waals surface area contributed by atoms with Crippen molar-refractivity contribution in [2.45, 2.75) is 24.3 Å². The van der Waals surface area contributed by atoms with Crippen LogP contribution in [0.4, 0.5) is 5.82 Å². The van der Waals surface area contributed by atoms with Gasteiger partial charge in [-0.2, -0.15) is 4.31 Å². The molecule has 1 aromatic carbocycles. The van der Waals surface area contributed by atoms with Gasteiger partial charge >= 0.3 is 0 Å². The number of hydrogen-bond acceptors (Lipinski definition) is 7. The molecule has 0 aliphatic carbocycles. The monoisotopic (exact) mass is 421 g/mol. The molecule has 0 radical (unpaired) electrons. The van der Waals surface area contributed by atoms with Gasteiger partial charge in [-0.1, -0.05) is 0 Å². The average molecular weight is 422 g/mol. The van der Waals surface area contributed by atoms with Crippen LogP contribution in [0.25, 0.3) is 0 Å². The third-order valence-corrected chi connectivity index (χ3v) is 6.89. The number of aromatic nitrogens is 1. The molecule has 2 heterocycles. The number of benzene rings is 1. The van der Waals surface area contributed by atoms with Crippen LogP contribution in [0.2, 0.25) is 0 Å². The van der Waals surface area contributed by atoms with Crippen molar-refractivity contribution in [3.8, 4) is 17.2 Å². The largest absolute Gasteiger partial charge is 0.493 e. The summed E-state index contributed by atoms with van der Waals surface area (Å²) in [5.74, 6) is 2.36. The summed E-state index contributed by atoms with van der Waals surface area (Å²) in [7, 11) is 3.14. The molecule has 0 unspecified atom stereocenters. The first-order valence-corrected chi connectivity index (χ1v) is 10.8. The number of ether oxygens (including phenoxy) is 3. The lowest BCUT2D eigenvalue weighted by molar-refractivity contribution is 0.322. The molecule has 1 aromatic heterocycles. The number of anilines is 1. The molecule has 3 rings (SSSR count). The molecule has 1 fully saturated rings. The van der Waals surface area contributed by atoms with E-state index in [4.69, 9.17) is 14.2 Å². The highest BCUT2D eigenvalue weighted by Gasteiger charge is 2.27. The second-order valence-corrected chi connectivity index (χ2v) is 8.75. The predicted molar refractivity (Wildman–Crippen MR) is 110 cm³/mol. The summed E-state index contributed by atoms with van der Waals surface area (Å²) in [6, 6.07) is 7.06. The van der Waals surface area contributed by atoms with Crippen molar-refractivity contribution in [2.75, 3.05) is 46.4 Å². The number of pyridine rings is 1. The summed E-state index contributed by atoms with van der Waals surface area (Å²) in [5.41, 5.74) is 0.892. The molecule has 29 heavy (non-hydrogen) atoms. The fourth-order valence-electron chi connectivity index (χ4n) is 3.45. The minimum atomic E-state index is -3.47. The van der Waals surface area contributed by atoms with Crippen LogP contribution in [-0.2, 0) is 16.6 Å². The summed E-state index contributed by atoms with van der Waals surface area (Å²) < 4.78 is 43.1. The molecule has 0 N–H and O–H groups in total. The van der Waals surface area contributed by atoms with E-state index in [2.05, 4.69) is 4.98 Å². The van der Waals surface area contributed by atoms with Gasteiger partial charge in [-0.05, 0) is 37.1 Å². The van der Waals surface area contributed by atoms with Crippen molar-refractivity contribution >= 4 is 15.8 Å². The summed E-state index contributed by atoms with van der Waals surface area (Å²) in [4.78, 5) is 6.50. The Hall–Kier alpha value is -2.52. The third-order valence-electron chi connectivity index (χ3n) is 5.01. The van der Waals surface area contributed by atoms with Crippen LogP contribution >= 0.6 is 0 Å². The van der Waals surface area contributed by atoms with Crippen molar-refractivity contribution < 1.29 is 22.6 Å². The predicted octanol–water partition coefficient (Wildman–Crippen LogP) is 2.53. The molecule has 0 spiro atoms. The molecule has 0 saturated carbocycles. The van der Waals surface area contributed by atoms with Gasteiger partial charge in [-0.15, -0.1) is 0 Å². The normalized spacial score (nSPS) is 14.6. The van der Waals surface area contributed by atoms with Gasteiger partial charge in [0.25, 0.3) is 0 Å². The highest BCUT2D eigenvalue weighted by molar-refractivity contribution is 7.89. The van der Waals surface area contributed by atoms with Crippen molar-refractivity contribution in [1.29, 1.82) is 0 Å². The summed E-state index contributed by atoms with van der Waals surface area (Å²) >= 11 is 0. The number of rotatable bonds is 8. The first kappa shape index (κ1) is 21.2. The maximum atomic E-state index is 12.7. The molecule has 1 aliphatic heterocycles. The first-order chi connectivity index (χ1) is 13.9. The van der Waals surface area contributed by atoms with Gasteiger partial charge in [-0.3, -0.25) is 0 Å². The fourth-order valence-corrected chi connectivity index (χ4v) is 4.92. The number of sulfonamides is 1. The van der Waals surface area contributed by atoms with Crippen LogP contribution in [0.5, 0.6) is 17.2 Å². The second-order valence-electron chi connectivity index (χ2n) is 6.81. The molecular formula is C20H27N3O5S. The Kier molecular flexibility index (Phi) is 6.49. The summed E-state index contributed by atoms with van der Waals surface area (Å²) in [5, 5.41) is 0. The number of nitrogens with zero attached hydrogens (tertiary/aromatic N) is 3. The quantitative estimate of drug-likeness (QED) is 0.648. The van der Waals surface area contributed by atoms with Crippen molar-refractivity contribution in [2.24, 2.45) is 0 Å². The van der Waals surface area contributed by atoms with E-state index >= 15 is 0 Å². The Morgan fingerprint density at radius 2 is 1.69 bits per heavy atom. The van der Waals surface area contributed by atoms with E-state index in [1.807, 2.05) is 24.1 Å². The Bertz CT molecular complexity index is 941. The van der Waals surface area contributed by atoms with Crippen LogP contribution in [0.15, 0.2) is 35.4 Å². The molecule has 2 aromatic rings. The lowest BCUT2D eigenvalue weighted by Gasteiger charge is -2.22. The van der Waals surface area contributed by atoms with Gasteiger partial charge in [0.1, 0.15) is 10.7 Å². The van der Waals surface area contributed by atoms with Gasteiger partial charge in [0, 0.05) is 38.4 Å². The van der Waals surface area contributed by atoms with Gasteiger partial charge in [0.2, 0.25) is 15.8 Å². The zero-order valence-corrected chi connectivity index (χ0v) is 18.0. The molecule has 9 heteroatoms. The molecular weight excluding hydrogens is 394 g/mol. The van der Waals surface area contributed by atoms with Crippen LogP contribution in [-0.4, -0.2) is 59.2 Å². The second kappa shape index (κ2) is 8.87. The van der Waals surface area contributed by atoms with Crippen LogP contribution < -0.4 is 19.1 Å². The summed E-state index contributed by atoms with van der Waals surface area (Å²) in [6.07, 6.45) is 3.23. The molecule has 0 bridgehead atoms. The highest BCUT2D eigenvalue weighted by Crippen LogP contribution is 2.40. The summed E-state index contributed by atoms with van der Waals surface area (Å²) in [6.45, 7) is 1.64. The topological polar surface area (TPSA) is 81.2 Å². The maximum absolute atomic E-state index is 12.7. The highest BCUT2D eigenvalue weighted by atomic mass is 32.2. The average Bonchev–Trinajstić information content (AvgIpc) is 3.29. The SMILES string of the molecule is COc1ccc(CN(C)c2ccc(S(=O)(=O)N3CCCC3)cn2)c(OC)c1OC. The van der Waals surface area contributed by atoms with Crippen molar-refractivity contribution in [3.05, 3.63) is 36.0 Å². The van der Waals surface area contributed by atoms with E-state index in [0.717, 1.165) is 18.4 Å². The van der Waals surface area contributed by atoms with Gasteiger partial charge in [0.05, 0.1) is 21.3 Å². The van der Waals surface area contributed by atoms with Crippen molar-refractivity contribution in [3.63, 3.8) is 0 Å². The van der Waals surface area contributed by atoms with E-state index in [1.54, 1.807) is 33.5 Å². The standard InChI is InChI=1S/C20H27N3O5S/c1-22(14-15-7-9-17(26-2)20(28-4)19(15)27-3)18-10-8-16(13-21-18)29(24,25)23-11-5-6-12-23/h7-10,13H,5-6,11-12,14H2,1-4H3. The molecule has 8 nitrogen and oxygen atoms in total. The fraction of sp³-hybridized carbons (Fsp3) is 0.450. The van der Waals surface area contributed by atoms with Gasteiger partial charge < -0.3 is 19.1 Å². The minimum absolute atomic E-state index is 0.222. The van der Waals surface area contributed by atoms with E-state index in [1.165, 1.54) is 10.5 Å². The van der Waals surface area contributed by atoms with Gasteiger partial charge in [0.15, 0.2) is 11.5 Å². The number of hydrogen-bond donors (Lipinski definition) is 0. The first-order valence-electron chi connectivity index (χ1n) is 9.37. The lowest BCUT2D eigenvalue weighted by Crippen LogP contribution is -2.28. The Labute approximate surface area is 172 Å². The number of methoxy groups -OCH3 is 3. The Morgan fingerprint density at radius 1 is 1.00 bits per heavy atom. The molecule has 0 atom stereocenters. The van der Waals surface area contributed by atoms with Crippen LogP contribution in [0, 0.1) is 0 Å². The molecule has 158 valence electrons. The smallest absolute Gasteiger partial charge is 0.244 e. The van der Waals surface area contributed by atoms with E-state index in [-0.39, 0.29) is 4.90 Å². The molecule has 0 amide bonds. The van der Waals surface area contributed by atoms with Crippen molar-refractivity contribution in [1.82, 2.24) is 9.29 Å². The minimum Gasteiger partial charge on any atom is -0.493 e. The lowest BCUT2D eigenvalue weighted by atomic mass is 10.1. The third kappa shape index (κ3) is 4.25. The Morgan fingerprint density at radius 3 is 2.24 bits per heavy atom. The van der Waals surface area contributed by atoms with E-state index < -0.39 is 10.0 Å². The zero-order chi connectivity index (χ0) is 21.0. The molecule has 1 aliphatic rings.